The van der Waals surface area contributed by atoms with E-state index in [4.69, 9.17) is 9.47 Å². The molecule has 0 aliphatic heterocycles. The monoisotopic (exact) mass is 322 g/mol. The van der Waals surface area contributed by atoms with Crippen molar-refractivity contribution in [1.82, 2.24) is 20.3 Å². The summed E-state index contributed by atoms with van der Waals surface area (Å²) in [5.41, 5.74) is 0.364. The second-order valence-corrected chi connectivity index (χ2v) is 6.34. The van der Waals surface area contributed by atoms with Crippen LogP contribution in [-0.2, 0) is 16.0 Å². The molecule has 7 heteroatoms. The van der Waals surface area contributed by atoms with E-state index in [0.717, 1.165) is 0 Å². The molecule has 3 rings (SSSR count). The van der Waals surface area contributed by atoms with E-state index < -0.39 is 0 Å². The zero-order chi connectivity index (χ0) is 16.2. The van der Waals surface area contributed by atoms with Crippen LogP contribution in [0.5, 0.6) is 0 Å². The molecule has 2 fully saturated rings. The van der Waals surface area contributed by atoms with Crippen LogP contribution in [0.15, 0.2) is 6.20 Å². The van der Waals surface area contributed by atoms with Crippen LogP contribution >= 0.6 is 0 Å². The number of hydrogen-bond acceptors (Lipinski definition) is 5. The molecular formula is C16H26N4O3. The summed E-state index contributed by atoms with van der Waals surface area (Å²) in [6.07, 6.45) is 6.24. The molecule has 0 atom stereocenters. The van der Waals surface area contributed by atoms with E-state index in [1.807, 2.05) is 13.8 Å². The number of hydrogen-bond donors (Lipinski definition) is 1. The van der Waals surface area contributed by atoms with Crippen LogP contribution in [0.1, 0.15) is 50.0 Å². The number of carbonyl (C=O) groups is 1. The summed E-state index contributed by atoms with van der Waals surface area (Å²) in [6.45, 7) is 5.40. The minimum Gasteiger partial charge on any atom is -0.351 e. The van der Waals surface area contributed by atoms with E-state index in [9.17, 15) is 4.79 Å². The summed E-state index contributed by atoms with van der Waals surface area (Å²) in [7, 11) is 0. The average molecular weight is 322 g/mol. The van der Waals surface area contributed by atoms with Gasteiger partial charge in [0.2, 0.25) is 0 Å². The molecule has 128 valence electrons. The second kappa shape index (κ2) is 7.40. The molecule has 1 N–H and O–H groups in total. The number of amides is 1. The maximum absolute atomic E-state index is 12.4. The molecule has 1 amide bonds. The Labute approximate surface area is 136 Å². The minimum absolute atomic E-state index is 0.121. The molecule has 1 heterocycles. The Kier molecular flexibility index (Phi) is 5.27. The van der Waals surface area contributed by atoms with Gasteiger partial charge in [0, 0.05) is 19.3 Å². The summed E-state index contributed by atoms with van der Waals surface area (Å²) in [4.78, 5) is 12.4. The third kappa shape index (κ3) is 4.51. The number of nitrogens with one attached hydrogen (secondary N) is 1. The van der Waals surface area contributed by atoms with Gasteiger partial charge in [-0.25, -0.2) is 4.68 Å². The largest absolute Gasteiger partial charge is 0.351 e. The van der Waals surface area contributed by atoms with Crippen molar-refractivity contribution in [2.24, 2.45) is 11.8 Å². The standard InChI is InChI=1S/C16H26N4O3/c1-3-22-14(23-4-2)10-20-9-13(18-19-20)16(21)17-15(11-5-6-11)12-7-8-12/h9,11-12,14-15H,3-8,10H2,1-2H3,(H,17,21). The molecule has 0 saturated heterocycles. The van der Waals surface area contributed by atoms with Crippen LogP contribution in [0.2, 0.25) is 0 Å². The van der Waals surface area contributed by atoms with Gasteiger partial charge in [-0.3, -0.25) is 4.79 Å². The first kappa shape index (κ1) is 16.4. The first-order chi connectivity index (χ1) is 11.2. The molecule has 0 unspecified atom stereocenters. The van der Waals surface area contributed by atoms with E-state index >= 15 is 0 Å². The van der Waals surface area contributed by atoms with Gasteiger partial charge in [-0.1, -0.05) is 5.21 Å². The van der Waals surface area contributed by atoms with Crippen LogP contribution in [-0.4, -0.2) is 46.4 Å². The number of rotatable bonds is 10. The molecule has 2 aliphatic rings. The molecule has 1 aromatic heterocycles. The highest BCUT2D eigenvalue weighted by Crippen LogP contribution is 2.44. The van der Waals surface area contributed by atoms with Gasteiger partial charge in [0.25, 0.3) is 5.91 Å². The minimum atomic E-state index is -0.367. The fourth-order valence-corrected chi connectivity index (χ4v) is 2.93. The summed E-state index contributed by atoms with van der Waals surface area (Å²) >= 11 is 0. The highest BCUT2D eigenvalue weighted by atomic mass is 16.7. The first-order valence-electron chi connectivity index (χ1n) is 8.65. The van der Waals surface area contributed by atoms with Crippen LogP contribution in [0.25, 0.3) is 0 Å². The maximum atomic E-state index is 12.4. The molecule has 2 aliphatic carbocycles. The quantitative estimate of drug-likeness (QED) is 0.662. The van der Waals surface area contributed by atoms with Crippen LogP contribution in [0, 0.1) is 11.8 Å². The Bertz CT molecular complexity index is 507. The highest BCUT2D eigenvalue weighted by molar-refractivity contribution is 5.92. The van der Waals surface area contributed by atoms with Gasteiger partial charge in [0.15, 0.2) is 12.0 Å². The molecule has 0 bridgehead atoms. The van der Waals surface area contributed by atoms with E-state index in [2.05, 4.69) is 15.6 Å². The molecule has 0 spiro atoms. The smallest absolute Gasteiger partial charge is 0.273 e. The van der Waals surface area contributed by atoms with Gasteiger partial charge in [-0.15, -0.1) is 5.10 Å². The molecule has 0 aromatic carbocycles. The Morgan fingerprint density at radius 3 is 2.39 bits per heavy atom. The lowest BCUT2D eigenvalue weighted by molar-refractivity contribution is -0.145. The van der Waals surface area contributed by atoms with Gasteiger partial charge in [0.05, 0.1) is 12.7 Å². The van der Waals surface area contributed by atoms with Crippen LogP contribution < -0.4 is 5.32 Å². The van der Waals surface area contributed by atoms with Crippen molar-refractivity contribution in [3.05, 3.63) is 11.9 Å². The normalized spacial score (nSPS) is 17.9. The topological polar surface area (TPSA) is 78.3 Å². The van der Waals surface area contributed by atoms with Crippen molar-refractivity contribution in [2.75, 3.05) is 13.2 Å². The third-order valence-electron chi connectivity index (χ3n) is 4.37. The summed E-state index contributed by atoms with van der Waals surface area (Å²) < 4.78 is 12.6. The number of ether oxygens (including phenoxy) is 2. The van der Waals surface area contributed by atoms with Crippen molar-refractivity contribution < 1.29 is 14.3 Å². The highest BCUT2D eigenvalue weighted by Gasteiger charge is 2.42. The zero-order valence-electron chi connectivity index (χ0n) is 13.9. The second-order valence-electron chi connectivity index (χ2n) is 6.34. The van der Waals surface area contributed by atoms with Gasteiger partial charge in [-0.2, -0.15) is 0 Å². The predicted molar refractivity (Wildman–Crippen MR) is 83.8 cm³/mol. The lowest BCUT2D eigenvalue weighted by atomic mass is 10.1. The van der Waals surface area contributed by atoms with Crippen LogP contribution in [0.4, 0.5) is 0 Å². The fraction of sp³-hybridized carbons (Fsp3) is 0.812. The van der Waals surface area contributed by atoms with Gasteiger partial charge >= 0.3 is 0 Å². The van der Waals surface area contributed by atoms with E-state index in [1.165, 1.54) is 25.7 Å². The van der Waals surface area contributed by atoms with E-state index in [0.29, 0.717) is 43.3 Å². The van der Waals surface area contributed by atoms with Crippen LogP contribution in [0.3, 0.4) is 0 Å². The lowest BCUT2D eigenvalue weighted by Crippen LogP contribution is -2.38. The Morgan fingerprint density at radius 1 is 1.26 bits per heavy atom. The van der Waals surface area contributed by atoms with E-state index in [-0.39, 0.29) is 12.2 Å². The Balaban J connectivity index is 1.55. The fourth-order valence-electron chi connectivity index (χ4n) is 2.93. The Hall–Kier alpha value is -1.47. The molecule has 7 nitrogen and oxygen atoms in total. The molecule has 0 radical (unpaired) electrons. The molecule has 23 heavy (non-hydrogen) atoms. The Morgan fingerprint density at radius 2 is 1.87 bits per heavy atom. The SMILES string of the molecule is CCOC(Cn1cc(C(=O)NC(C2CC2)C2CC2)nn1)OCC. The average Bonchev–Trinajstić information content (AvgIpc) is 3.44. The number of nitrogens with zero attached hydrogens (tertiary/aromatic N) is 3. The molecular weight excluding hydrogens is 296 g/mol. The third-order valence-corrected chi connectivity index (χ3v) is 4.37. The van der Waals surface area contributed by atoms with E-state index in [1.54, 1.807) is 10.9 Å². The molecule has 1 aromatic rings. The molecule has 2 saturated carbocycles. The lowest BCUT2D eigenvalue weighted by Gasteiger charge is -2.16. The number of carbonyl (C=O) groups excluding carboxylic acids is 1. The first-order valence-corrected chi connectivity index (χ1v) is 8.65. The van der Waals surface area contributed by atoms with Gasteiger partial charge in [0.1, 0.15) is 0 Å². The predicted octanol–water partition coefficient (Wildman–Crippen LogP) is 1.60. The number of aromatic nitrogens is 3. The van der Waals surface area contributed by atoms with Crippen molar-refractivity contribution in [3.63, 3.8) is 0 Å². The van der Waals surface area contributed by atoms with Gasteiger partial charge in [-0.05, 0) is 51.4 Å². The summed E-state index contributed by atoms with van der Waals surface area (Å²) in [5.74, 6) is 1.22. The van der Waals surface area contributed by atoms with Crippen molar-refractivity contribution in [1.29, 1.82) is 0 Å². The van der Waals surface area contributed by atoms with Gasteiger partial charge < -0.3 is 14.8 Å². The zero-order valence-corrected chi connectivity index (χ0v) is 13.9. The maximum Gasteiger partial charge on any atom is 0.273 e. The van der Waals surface area contributed by atoms with Crippen molar-refractivity contribution in [2.45, 2.75) is 58.4 Å². The summed E-state index contributed by atoms with van der Waals surface area (Å²) in [6, 6.07) is 0.326. The summed E-state index contributed by atoms with van der Waals surface area (Å²) in [5, 5.41) is 11.2. The van der Waals surface area contributed by atoms with Crippen molar-refractivity contribution in [3.8, 4) is 0 Å². The van der Waals surface area contributed by atoms with Crippen molar-refractivity contribution >= 4 is 5.91 Å².